The van der Waals surface area contributed by atoms with Gasteiger partial charge in [-0.15, -0.1) is 0 Å². The maximum atomic E-state index is 12.9. The SMILES string of the molecule is CCCCCCCCCCCCCCCCCCCCCCCCCCCC/C=C/CC/C=C/C(O)C(COP(=O)(O)OCC[N+](C)(C)C)NC(=O)CCCCCCCCCCCCCCCC. The molecule has 3 unspecified atom stereocenters. The highest BCUT2D eigenvalue weighted by Crippen LogP contribution is 2.43. The number of hydrogen-bond donors (Lipinski definition) is 3. The van der Waals surface area contributed by atoms with Crippen LogP contribution in [0.1, 0.15) is 296 Å². The van der Waals surface area contributed by atoms with Gasteiger partial charge < -0.3 is 19.8 Å². The lowest BCUT2D eigenvalue weighted by Crippen LogP contribution is -2.45. The normalized spacial score (nSPS) is 14.0. The second kappa shape index (κ2) is 50.9. The lowest BCUT2D eigenvalue weighted by molar-refractivity contribution is -0.870. The summed E-state index contributed by atoms with van der Waals surface area (Å²) >= 11 is 0. The van der Waals surface area contributed by atoms with Crippen LogP contribution in [0.2, 0.25) is 0 Å². The molecule has 3 N–H and O–H groups in total. The van der Waals surface area contributed by atoms with Crippen LogP contribution in [-0.4, -0.2) is 73.4 Å². The number of aliphatic hydroxyl groups is 1. The van der Waals surface area contributed by atoms with Crippen LogP contribution < -0.4 is 5.32 Å². The predicted octanol–water partition coefficient (Wildman–Crippen LogP) is 18.0. The zero-order valence-corrected chi connectivity index (χ0v) is 47.0. The zero-order chi connectivity index (χ0) is 49.9. The molecule has 0 aromatic carbocycles. The van der Waals surface area contributed by atoms with E-state index in [2.05, 4.69) is 31.3 Å². The molecule has 0 spiro atoms. The average Bonchev–Trinajstić information content (AvgIpc) is 3.30. The Morgan fingerprint density at radius 1 is 0.485 bits per heavy atom. The summed E-state index contributed by atoms with van der Waals surface area (Å²) in [6.45, 7) is 4.83. The number of phosphoric acid groups is 1. The summed E-state index contributed by atoms with van der Waals surface area (Å²) in [4.78, 5) is 23.2. The van der Waals surface area contributed by atoms with Crippen molar-refractivity contribution in [3.05, 3.63) is 24.3 Å². The van der Waals surface area contributed by atoms with Gasteiger partial charge in [-0.1, -0.05) is 282 Å². The molecule has 3 atom stereocenters. The fourth-order valence-corrected chi connectivity index (χ4v) is 9.74. The van der Waals surface area contributed by atoms with Gasteiger partial charge in [0.15, 0.2) is 0 Å². The third kappa shape index (κ3) is 52.8. The highest BCUT2D eigenvalue weighted by Gasteiger charge is 2.27. The van der Waals surface area contributed by atoms with E-state index in [1.54, 1.807) is 6.08 Å². The Labute approximate surface area is 424 Å². The molecular formula is C59H118N2O6P+. The minimum Gasteiger partial charge on any atom is -0.387 e. The van der Waals surface area contributed by atoms with Crippen LogP contribution in [0.4, 0.5) is 0 Å². The van der Waals surface area contributed by atoms with Crippen LogP contribution >= 0.6 is 7.82 Å². The van der Waals surface area contributed by atoms with Gasteiger partial charge in [-0.3, -0.25) is 13.8 Å². The number of quaternary nitrogens is 1. The van der Waals surface area contributed by atoms with Crippen molar-refractivity contribution in [1.29, 1.82) is 0 Å². The fraction of sp³-hybridized carbons (Fsp3) is 0.915. The molecule has 0 fully saturated rings. The minimum absolute atomic E-state index is 0.0586. The topological polar surface area (TPSA) is 105 Å². The summed E-state index contributed by atoms with van der Waals surface area (Å²) < 4.78 is 23.7. The van der Waals surface area contributed by atoms with Gasteiger partial charge in [0.05, 0.1) is 39.9 Å². The van der Waals surface area contributed by atoms with Gasteiger partial charge in [-0.2, -0.15) is 0 Å². The number of allylic oxidation sites excluding steroid dienone is 3. The number of nitrogens with zero attached hydrogens (tertiary/aromatic N) is 1. The predicted molar refractivity (Wildman–Crippen MR) is 295 cm³/mol. The minimum atomic E-state index is -4.35. The molecule has 0 saturated carbocycles. The number of likely N-dealkylation sites (N-methyl/N-ethyl adjacent to an activating group) is 1. The van der Waals surface area contributed by atoms with Gasteiger partial charge in [-0.25, -0.2) is 4.57 Å². The quantitative estimate of drug-likeness (QED) is 0.0243. The number of phosphoric ester groups is 1. The van der Waals surface area contributed by atoms with Crippen molar-refractivity contribution in [2.24, 2.45) is 0 Å². The Hall–Kier alpha value is -1.02. The number of hydrogen-bond acceptors (Lipinski definition) is 5. The van der Waals surface area contributed by atoms with Gasteiger partial charge >= 0.3 is 7.82 Å². The first-order chi connectivity index (χ1) is 33.0. The highest BCUT2D eigenvalue weighted by atomic mass is 31.2. The monoisotopic (exact) mass is 982 g/mol. The first-order valence-corrected chi connectivity index (χ1v) is 31.2. The molecule has 0 bridgehead atoms. The molecule has 0 aromatic rings. The van der Waals surface area contributed by atoms with E-state index >= 15 is 0 Å². The Morgan fingerprint density at radius 3 is 1.18 bits per heavy atom. The molecule has 0 heterocycles. The van der Waals surface area contributed by atoms with Gasteiger partial charge in [0.1, 0.15) is 13.2 Å². The van der Waals surface area contributed by atoms with Crippen molar-refractivity contribution >= 4 is 13.7 Å². The van der Waals surface area contributed by atoms with Crippen LogP contribution in [0.15, 0.2) is 24.3 Å². The number of aliphatic hydroxyl groups excluding tert-OH is 1. The molecular weight excluding hydrogens is 864 g/mol. The Kier molecular flexibility index (Phi) is 50.1. The van der Waals surface area contributed by atoms with Gasteiger partial charge in [0.25, 0.3) is 0 Å². The summed E-state index contributed by atoms with van der Waals surface area (Å²) in [5, 5.41) is 13.9. The summed E-state index contributed by atoms with van der Waals surface area (Å²) in [5.41, 5.74) is 0. The van der Waals surface area contributed by atoms with Crippen molar-refractivity contribution in [3.63, 3.8) is 0 Å². The van der Waals surface area contributed by atoms with E-state index in [1.807, 2.05) is 27.2 Å². The lowest BCUT2D eigenvalue weighted by atomic mass is 10.0. The van der Waals surface area contributed by atoms with E-state index in [1.165, 1.54) is 238 Å². The molecule has 0 aromatic heterocycles. The maximum absolute atomic E-state index is 12.9. The molecule has 8 nitrogen and oxygen atoms in total. The third-order valence-electron chi connectivity index (χ3n) is 13.7. The largest absolute Gasteiger partial charge is 0.472 e. The lowest BCUT2D eigenvalue weighted by Gasteiger charge is -2.25. The molecule has 9 heteroatoms. The molecule has 404 valence electrons. The van der Waals surface area contributed by atoms with E-state index < -0.39 is 20.0 Å². The van der Waals surface area contributed by atoms with Crippen molar-refractivity contribution in [1.82, 2.24) is 5.32 Å². The average molecular weight is 983 g/mol. The van der Waals surface area contributed by atoms with E-state index in [9.17, 15) is 19.4 Å². The fourth-order valence-electron chi connectivity index (χ4n) is 9.00. The molecule has 0 radical (unpaired) electrons. The number of amides is 1. The Balaban J connectivity index is 4.09. The number of rotatable bonds is 55. The second-order valence-corrected chi connectivity index (χ2v) is 23.2. The molecule has 1 amide bonds. The first kappa shape index (κ1) is 67.0. The summed E-state index contributed by atoms with van der Waals surface area (Å²) in [6, 6.07) is -0.859. The molecule has 0 aliphatic carbocycles. The number of unbranched alkanes of at least 4 members (excludes halogenated alkanes) is 40. The van der Waals surface area contributed by atoms with Crippen LogP contribution in [0.3, 0.4) is 0 Å². The smallest absolute Gasteiger partial charge is 0.387 e. The first-order valence-electron chi connectivity index (χ1n) is 29.7. The van der Waals surface area contributed by atoms with Crippen molar-refractivity contribution in [3.8, 4) is 0 Å². The van der Waals surface area contributed by atoms with E-state index in [0.29, 0.717) is 17.4 Å². The maximum Gasteiger partial charge on any atom is 0.472 e. The summed E-state index contributed by atoms with van der Waals surface area (Å²) in [6.07, 6.45) is 64.5. The summed E-state index contributed by atoms with van der Waals surface area (Å²) in [5.74, 6) is -0.183. The van der Waals surface area contributed by atoms with Crippen molar-refractivity contribution < 1.29 is 32.9 Å². The summed E-state index contributed by atoms with van der Waals surface area (Å²) in [7, 11) is 1.57. The molecule has 0 saturated heterocycles. The molecule has 68 heavy (non-hydrogen) atoms. The van der Waals surface area contributed by atoms with Gasteiger partial charge in [0, 0.05) is 6.42 Å². The third-order valence-corrected chi connectivity index (χ3v) is 14.7. The van der Waals surface area contributed by atoms with Crippen LogP contribution in [0, 0.1) is 0 Å². The van der Waals surface area contributed by atoms with Crippen LogP contribution in [0.5, 0.6) is 0 Å². The standard InChI is InChI=1S/C59H117N2O6P/c1-6-8-10-12-14-16-18-20-22-23-24-25-26-27-28-29-30-31-32-33-34-35-36-37-38-39-40-42-44-46-48-50-52-58(62)57(56-67-68(64,65)66-55-54-61(3,4)5)60-59(63)53-51-49-47-45-43-41-21-19-17-15-13-11-9-7-2/h42,44,50,52,57-58,62H,6-41,43,45-49,51,53-56H2,1-5H3,(H-,60,63,64,65)/p+1/b44-42+,52-50+. The van der Waals surface area contributed by atoms with E-state index in [-0.39, 0.29) is 19.1 Å². The number of nitrogens with one attached hydrogen (secondary N) is 1. The highest BCUT2D eigenvalue weighted by molar-refractivity contribution is 7.47. The van der Waals surface area contributed by atoms with Crippen molar-refractivity contribution in [2.45, 2.75) is 309 Å². The van der Waals surface area contributed by atoms with E-state index in [4.69, 9.17) is 9.05 Å². The Morgan fingerprint density at radius 2 is 0.809 bits per heavy atom. The van der Waals surface area contributed by atoms with Gasteiger partial charge in [0.2, 0.25) is 5.91 Å². The zero-order valence-electron chi connectivity index (χ0n) is 46.1. The van der Waals surface area contributed by atoms with Crippen molar-refractivity contribution in [2.75, 3.05) is 40.9 Å². The van der Waals surface area contributed by atoms with Crippen LogP contribution in [-0.2, 0) is 18.4 Å². The molecule has 0 rings (SSSR count). The number of carbonyl (C=O) groups excluding carboxylic acids is 1. The van der Waals surface area contributed by atoms with E-state index in [0.717, 1.165) is 38.5 Å². The number of carbonyl (C=O) groups is 1. The Bertz CT molecular complexity index is 1160. The van der Waals surface area contributed by atoms with Gasteiger partial charge in [-0.05, 0) is 32.1 Å². The molecule has 0 aliphatic rings. The molecule has 0 aliphatic heterocycles. The van der Waals surface area contributed by atoms with Crippen LogP contribution in [0.25, 0.3) is 0 Å². The second-order valence-electron chi connectivity index (χ2n) is 21.7.